The molecule has 5 nitrogen and oxygen atoms in total. The first-order valence-corrected chi connectivity index (χ1v) is 9.65. The highest BCUT2D eigenvalue weighted by molar-refractivity contribution is 6.30. The molecular formula is C20H22ClF3N4O. The van der Waals surface area contributed by atoms with Gasteiger partial charge in [0.15, 0.2) is 0 Å². The summed E-state index contributed by atoms with van der Waals surface area (Å²) < 4.78 is 38.3. The van der Waals surface area contributed by atoms with Gasteiger partial charge in [-0.05, 0) is 35.4 Å². The van der Waals surface area contributed by atoms with Crippen molar-refractivity contribution in [2.24, 2.45) is 0 Å². The normalized spacial score (nSPS) is 16.0. The van der Waals surface area contributed by atoms with Crippen LogP contribution in [0.1, 0.15) is 16.8 Å². The molecule has 3 rings (SSSR count). The van der Waals surface area contributed by atoms with Gasteiger partial charge in [-0.15, -0.1) is 0 Å². The van der Waals surface area contributed by atoms with Crippen LogP contribution in [0, 0.1) is 0 Å². The first-order valence-electron chi connectivity index (χ1n) is 9.27. The van der Waals surface area contributed by atoms with Gasteiger partial charge in [-0.3, -0.25) is 19.6 Å². The Kier molecular flexibility index (Phi) is 7.10. The minimum atomic E-state index is -4.44. The number of halogens is 4. The van der Waals surface area contributed by atoms with E-state index >= 15 is 0 Å². The van der Waals surface area contributed by atoms with Crippen molar-refractivity contribution in [1.82, 2.24) is 20.1 Å². The molecule has 1 N–H and O–H groups in total. The van der Waals surface area contributed by atoms with Crippen LogP contribution in [0.4, 0.5) is 13.2 Å². The minimum Gasteiger partial charge on any atom is -0.351 e. The zero-order valence-electron chi connectivity index (χ0n) is 15.8. The third-order valence-electron chi connectivity index (χ3n) is 4.76. The summed E-state index contributed by atoms with van der Waals surface area (Å²) in [4.78, 5) is 19.7. The number of amides is 1. The zero-order valence-corrected chi connectivity index (χ0v) is 16.5. The molecule has 9 heteroatoms. The number of alkyl halides is 3. The van der Waals surface area contributed by atoms with Crippen LogP contribution in [0.2, 0.25) is 5.02 Å². The molecule has 1 aliphatic heterocycles. The summed E-state index contributed by atoms with van der Waals surface area (Å²) in [6, 6.07) is 9.99. The lowest BCUT2D eigenvalue weighted by Crippen LogP contribution is -2.49. The third kappa shape index (κ3) is 6.69. The predicted molar refractivity (Wildman–Crippen MR) is 104 cm³/mol. The van der Waals surface area contributed by atoms with Gasteiger partial charge in [-0.2, -0.15) is 13.2 Å². The Morgan fingerprint density at radius 2 is 1.69 bits per heavy atom. The molecular weight excluding hydrogens is 405 g/mol. The summed E-state index contributed by atoms with van der Waals surface area (Å²) in [5, 5.41) is 3.54. The van der Waals surface area contributed by atoms with Crippen LogP contribution >= 0.6 is 11.6 Å². The molecule has 0 bridgehead atoms. The lowest BCUT2D eigenvalue weighted by atomic mass is 10.2. The Labute approximate surface area is 172 Å². The molecule has 1 aromatic carbocycles. The standard InChI is InChI=1S/C20H22ClF3N4O/c21-17-3-1-15(2-4-17)12-26-19(29)14-28-9-7-27(8-10-28)13-16-5-6-25-18(11-16)20(22,23)24/h1-6,11H,7-10,12-14H2,(H,26,29). The van der Waals surface area contributed by atoms with E-state index in [9.17, 15) is 18.0 Å². The Hall–Kier alpha value is -2.16. The smallest absolute Gasteiger partial charge is 0.351 e. The van der Waals surface area contributed by atoms with E-state index in [0.29, 0.717) is 56.4 Å². The van der Waals surface area contributed by atoms with E-state index < -0.39 is 11.9 Å². The first kappa shape index (κ1) is 21.5. The predicted octanol–water partition coefficient (Wildman–Crippen LogP) is 3.19. The molecule has 0 spiro atoms. The molecule has 1 fully saturated rings. The van der Waals surface area contributed by atoms with Crippen molar-refractivity contribution in [3.63, 3.8) is 0 Å². The maximum Gasteiger partial charge on any atom is 0.433 e. The van der Waals surface area contributed by atoms with Crippen molar-refractivity contribution in [3.8, 4) is 0 Å². The number of piperazine rings is 1. The number of aromatic nitrogens is 1. The summed E-state index contributed by atoms with van der Waals surface area (Å²) >= 11 is 5.84. The molecule has 1 saturated heterocycles. The van der Waals surface area contributed by atoms with E-state index in [-0.39, 0.29) is 5.91 Å². The second kappa shape index (κ2) is 9.56. The number of nitrogens with zero attached hydrogens (tertiary/aromatic N) is 3. The van der Waals surface area contributed by atoms with E-state index in [4.69, 9.17) is 11.6 Å². The molecule has 1 aromatic heterocycles. The number of nitrogens with one attached hydrogen (secondary N) is 1. The minimum absolute atomic E-state index is 0.0580. The van der Waals surface area contributed by atoms with E-state index in [1.807, 2.05) is 17.0 Å². The van der Waals surface area contributed by atoms with Crippen LogP contribution < -0.4 is 5.32 Å². The Morgan fingerprint density at radius 3 is 2.34 bits per heavy atom. The Balaban J connectivity index is 1.41. The third-order valence-corrected chi connectivity index (χ3v) is 5.01. The molecule has 0 saturated carbocycles. The van der Waals surface area contributed by atoms with Gasteiger partial charge >= 0.3 is 6.18 Å². The molecule has 29 heavy (non-hydrogen) atoms. The monoisotopic (exact) mass is 426 g/mol. The average molecular weight is 427 g/mol. The van der Waals surface area contributed by atoms with Crippen LogP contribution in [0.25, 0.3) is 0 Å². The highest BCUT2D eigenvalue weighted by Crippen LogP contribution is 2.28. The van der Waals surface area contributed by atoms with Gasteiger partial charge in [0.25, 0.3) is 0 Å². The maximum absolute atomic E-state index is 12.8. The average Bonchev–Trinajstić information content (AvgIpc) is 2.69. The SMILES string of the molecule is O=C(CN1CCN(Cc2ccnc(C(F)(F)F)c2)CC1)NCc1ccc(Cl)cc1. The number of hydrogen-bond acceptors (Lipinski definition) is 4. The van der Waals surface area contributed by atoms with Gasteiger partial charge in [0, 0.05) is 50.5 Å². The second-order valence-corrected chi connectivity index (χ2v) is 7.44. The van der Waals surface area contributed by atoms with Crippen molar-refractivity contribution in [3.05, 3.63) is 64.4 Å². The van der Waals surface area contributed by atoms with Gasteiger partial charge in [0.2, 0.25) is 5.91 Å². The summed E-state index contributed by atoms with van der Waals surface area (Å²) in [6.07, 6.45) is -3.24. The number of benzene rings is 1. The Bertz CT molecular complexity index is 821. The van der Waals surface area contributed by atoms with Crippen LogP contribution in [-0.4, -0.2) is 53.4 Å². The number of hydrogen-bond donors (Lipinski definition) is 1. The van der Waals surface area contributed by atoms with E-state index in [2.05, 4.69) is 15.2 Å². The zero-order chi connectivity index (χ0) is 20.9. The van der Waals surface area contributed by atoms with Gasteiger partial charge in [-0.25, -0.2) is 0 Å². The number of carbonyl (C=O) groups is 1. The fourth-order valence-electron chi connectivity index (χ4n) is 3.15. The second-order valence-electron chi connectivity index (χ2n) is 7.00. The largest absolute Gasteiger partial charge is 0.433 e. The highest BCUT2D eigenvalue weighted by Gasteiger charge is 2.32. The lowest BCUT2D eigenvalue weighted by molar-refractivity contribution is -0.141. The first-order chi connectivity index (χ1) is 13.8. The van der Waals surface area contributed by atoms with E-state index in [1.54, 1.807) is 18.2 Å². The summed E-state index contributed by atoms with van der Waals surface area (Å²) in [7, 11) is 0. The molecule has 1 aliphatic rings. The van der Waals surface area contributed by atoms with Crippen LogP contribution in [0.5, 0.6) is 0 Å². The van der Waals surface area contributed by atoms with Gasteiger partial charge in [-0.1, -0.05) is 23.7 Å². The van der Waals surface area contributed by atoms with Crippen molar-refractivity contribution in [1.29, 1.82) is 0 Å². The fraction of sp³-hybridized carbons (Fsp3) is 0.400. The molecule has 1 amide bonds. The number of pyridine rings is 1. The molecule has 2 heterocycles. The molecule has 0 unspecified atom stereocenters. The topological polar surface area (TPSA) is 48.5 Å². The van der Waals surface area contributed by atoms with Gasteiger partial charge in [0.1, 0.15) is 5.69 Å². The van der Waals surface area contributed by atoms with Crippen molar-refractivity contribution in [2.45, 2.75) is 19.3 Å². The van der Waals surface area contributed by atoms with Crippen molar-refractivity contribution in [2.75, 3.05) is 32.7 Å². The molecule has 2 aromatic rings. The van der Waals surface area contributed by atoms with Crippen molar-refractivity contribution < 1.29 is 18.0 Å². The fourth-order valence-corrected chi connectivity index (χ4v) is 3.28. The van der Waals surface area contributed by atoms with Gasteiger partial charge in [0.05, 0.1) is 6.54 Å². The molecule has 156 valence electrons. The lowest BCUT2D eigenvalue weighted by Gasteiger charge is -2.34. The highest BCUT2D eigenvalue weighted by atomic mass is 35.5. The maximum atomic E-state index is 12.8. The summed E-state index contributed by atoms with van der Waals surface area (Å²) in [5.74, 6) is -0.0580. The molecule has 0 radical (unpaired) electrons. The quantitative estimate of drug-likeness (QED) is 0.770. The van der Waals surface area contributed by atoms with E-state index in [1.165, 1.54) is 6.20 Å². The van der Waals surface area contributed by atoms with Crippen LogP contribution in [-0.2, 0) is 24.1 Å². The molecule has 0 atom stereocenters. The van der Waals surface area contributed by atoms with Crippen LogP contribution in [0.3, 0.4) is 0 Å². The molecule has 0 aliphatic carbocycles. The van der Waals surface area contributed by atoms with Crippen LogP contribution in [0.15, 0.2) is 42.6 Å². The van der Waals surface area contributed by atoms with Gasteiger partial charge < -0.3 is 5.32 Å². The summed E-state index contributed by atoms with van der Waals surface area (Å²) in [6.45, 7) is 3.93. The summed E-state index contributed by atoms with van der Waals surface area (Å²) in [5.41, 5.74) is 0.690. The van der Waals surface area contributed by atoms with Crippen molar-refractivity contribution >= 4 is 17.5 Å². The number of rotatable bonds is 6. The van der Waals surface area contributed by atoms with E-state index in [0.717, 1.165) is 11.6 Å². The number of carbonyl (C=O) groups excluding carboxylic acids is 1. The Morgan fingerprint density at radius 1 is 1.03 bits per heavy atom.